The number of nitrogens with one attached hydrogen (secondary N) is 1. The van der Waals surface area contributed by atoms with E-state index in [0.717, 1.165) is 12.1 Å². The lowest BCUT2D eigenvalue weighted by Gasteiger charge is -2.11. The first-order chi connectivity index (χ1) is 9.75. The quantitative estimate of drug-likeness (QED) is 0.830. The Labute approximate surface area is 128 Å². The molecule has 0 unspecified atom stereocenters. The minimum Gasteiger partial charge on any atom is -0.389 e. The van der Waals surface area contributed by atoms with E-state index in [2.05, 4.69) is 10.3 Å². The summed E-state index contributed by atoms with van der Waals surface area (Å²) in [6, 6.07) is 6.36. The first-order valence-corrected chi connectivity index (χ1v) is 6.45. The van der Waals surface area contributed by atoms with Crippen LogP contribution < -0.4 is 11.1 Å². The van der Waals surface area contributed by atoms with Crippen molar-refractivity contribution in [2.45, 2.75) is 6.18 Å². The Hall–Kier alpha value is -1.86. The van der Waals surface area contributed by atoms with E-state index in [-0.39, 0.29) is 15.7 Å². The summed E-state index contributed by atoms with van der Waals surface area (Å²) < 4.78 is 38.1. The van der Waals surface area contributed by atoms with Crippen LogP contribution >= 0.6 is 23.8 Å². The van der Waals surface area contributed by atoms with Crippen LogP contribution in [0.15, 0.2) is 36.5 Å². The Morgan fingerprint density at radius 3 is 2.48 bits per heavy atom. The summed E-state index contributed by atoms with van der Waals surface area (Å²) in [6.45, 7) is 0. The molecule has 0 aliphatic carbocycles. The van der Waals surface area contributed by atoms with Crippen molar-refractivity contribution in [2.75, 3.05) is 5.32 Å². The number of aromatic nitrogens is 1. The van der Waals surface area contributed by atoms with Crippen molar-refractivity contribution in [1.82, 2.24) is 4.98 Å². The lowest BCUT2D eigenvalue weighted by atomic mass is 10.2. The molecule has 0 atom stereocenters. The van der Waals surface area contributed by atoms with Gasteiger partial charge in [0.25, 0.3) is 0 Å². The molecule has 1 aromatic heterocycles. The van der Waals surface area contributed by atoms with Crippen LogP contribution in [0.25, 0.3) is 0 Å². The number of thiocarbonyl (C=S) groups is 1. The molecule has 2 rings (SSSR count). The number of nitrogens with two attached hydrogens (primary N) is 1. The van der Waals surface area contributed by atoms with Crippen LogP contribution in [0, 0.1) is 0 Å². The zero-order valence-corrected chi connectivity index (χ0v) is 12.0. The number of hydrogen-bond acceptors (Lipinski definition) is 3. The standard InChI is InChI=1S/C13H9ClF3N3S/c14-9-3-8(13(15,16)17)4-10(5-9)20-11-2-1-7(6-19-11)12(18)21/h1-6H,(H2,18,21)(H,19,20). The molecule has 0 saturated heterocycles. The molecule has 1 heterocycles. The van der Waals surface area contributed by atoms with Gasteiger partial charge in [-0.1, -0.05) is 23.8 Å². The van der Waals surface area contributed by atoms with Gasteiger partial charge in [0, 0.05) is 22.5 Å². The van der Waals surface area contributed by atoms with Crippen molar-refractivity contribution in [3.8, 4) is 0 Å². The Morgan fingerprint density at radius 1 is 1.24 bits per heavy atom. The average molecular weight is 332 g/mol. The maximum absolute atomic E-state index is 12.7. The molecule has 0 spiro atoms. The number of rotatable bonds is 3. The van der Waals surface area contributed by atoms with Gasteiger partial charge in [0.1, 0.15) is 10.8 Å². The summed E-state index contributed by atoms with van der Waals surface area (Å²) >= 11 is 10.5. The molecule has 3 nitrogen and oxygen atoms in total. The van der Waals surface area contributed by atoms with Gasteiger partial charge in [-0.25, -0.2) is 4.98 Å². The fourth-order valence-electron chi connectivity index (χ4n) is 1.59. The minimum atomic E-state index is -4.47. The topological polar surface area (TPSA) is 50.9 Å². The monoisotopic (exact) mass is 331 g/mol. The van der Waals surface area contributed by atoms with Gasteiger partial charge in [-0.05, 0) is 30.3 Å². The number of anilines is 2. The molecule has 0 fully saturated rings. The van der Waals surface area contributed by atoms with Crippen LogP contribution in [-0.4, -0.2) is 9.97 Å². The summed E-state index contributed by atoms with van der Waals surface area (Å²) in [6.07, 6.45) is -3.04. The van der Waals surface area contributed by atoms with Gasteiger partial charge in [0.15, 0.2) is 0 Å². The second-order valence-electron chi connectivity index (χ2n) is 4.15. The van der Waals surface area contributed by atoms with Gasteiger partial charge in [-0.3, -0.25) is 0 Å². The molecule has 8 heteroatoms. The molecule has 0 amide bonds. The number of alkyl halides is 3. The largest absolute Gasteiger partial charge is 0.416 e. The Balaban J connectivity index is 2.27. The highest BCUT2D eigenvalue weighted by atomic mass is 35.5. The SMILES string of the molecule is NC(=S)c1ccc(Nc2cc(Cl)cc(C(F)(F)F)c2)nc1. The summed E-state index contributed by atoms with van der Waals surface area (Å²) in [5.74, 6) is 0.352. The molecular weight excluding hydrogens is 323 g/mol. The fraction of sp³-hybridized carbons (Fsp3) is 0.0769. The second-order valence-corrected chi connectivity index (χ2v) is 5.02. The summed E-state index contributed by atoms with van der Waals surface area (Å²) in [7, 11) is 0. The van der Waals surface area contributed by atoms with E-state index in [1.54, 1.807) is 12.1 Å². The summed E-state index contributed by atoms with van der Waals surface area (Å²) in [5.41, 5.74) is 5.35. The van der Waals surface area contributed by atoms with Gasteiger partial charge in [-0.2, -0.15) is 13.2 Å². The predicted octanol–water partition coefficient (Wildman–Crippen LogP) is 4.13. The summed E-state index contributed by atoms with van der Waals surface area (Å²) in [4.78, 5) is 4.20. The molecule has 21 heavy (non-hydrogen) atoms. The number of pyridine rings is 1. The van der Waals surface area contributed by atoms with Crippen molar-refractivity contribution in [3.63, 3.8) is 0 Å². The Kier molecular flexibility index (Phi) is 4.34. The van der Waals surface area contributed by atoms with Gasteiger partial charge in [0.05, 0.1) is 5.56 Å². The van der Waals surface area contributed by atoms with Gasteiger partial charge in [-0.15, -0.1) is 0 Å². The average Bonchev–Trinajstić information content (AvgIpc) is 2.37. The van der Waals surface area contributed by atoms with E-state index in [1.165, 1.54) is 12.3 Å². The van der Waals surface area contributed by atoms with E-state index in [1.807, 2.05) is 0 Å². The Bertz CT molecular complexity index is 671. The van der Waals surface area contributed by atoms with Crippen LogP contribution in [-0.2, 0) is 6.18 Å². The van der Waals surface area contributed by atoms with Crippen LogP contribution in [0.1, 0.15) is 11.1 Å². The molecule has 0 bridgehead atoms. The van der Waals surface area contributed by atoms with Crippen LogP contribution in [0.5, 0.6) is 0 Å². The van der Waals surface area contributed by atoms with Crippen molar-refractivity contribution < 1.29 is 13.2 Å². The molecule has 1 aromatic carbocycles. The number of hydrogen-bond donors (Lipinski definition) is 2. The zero-order chi connectivity index (χ0) is 15.6. The van der Waals surface area contributed by atoms with Gasteiger partial charge < -0.3 is 11.1 Å². The van der Waals surface area contributed by atoms with E-state index in [9.17, 15) is 13.2 Å². The van der Waals surface area contributed by atoms with E-state index in [4.69, 9.17) is 29.6 Å². The molecular formula is C13H9ClF3N3S. The normalized spacial score (nSPS) is 11.2. The number of halogens is 4. The first kappa shape index (κ1) is 15.5. The van der Waals surface area contributed by atoms with Crippen molar-refractivity contribution in [2.24, 2.45) is 5.73 Å². The van der Waals surface area contributed by atoms with E-state index >= 15 is 0 Å². The lowest BCUT2D eigenvalue weighted by Crippen LogP contribution is -2.09. The van der Waals surface area contributed by atoms with Crippen molar-refractivity contribution in [1.29, 1.82) is 0 Å². The third-order valence-corrected chi connectivity index (χ3v) is 3.00. The van der Waals surface area contributed by atoms with E-state index in [0.29, 0.717) is 11.4 Å². The lowest BCUT2D eigenvalue weighted by molar-refractivity contribution is -0.137. The fourth-order valence-corrected chi connectivity index (χ4v) is 1.94. The number of benzene rings is 1. The predicted molar refractivity (Wildman–Crippen MR) is 79.9 cm³/mol. The molecule has 2 aromatic rings. The molecule has 0 aliphatic rings. The molecule has 0 aliphatic heterocycles. The third-order valence-electron chi connectivity index (χ3n) is 2.55. The first-order valence-electron chi connectivity index (χ1n) is 5.66. The van der Waals surface area contributed by atoms with Crippen LogP contribution in [0.3, 0.4) is 0 Å². The van der Waals surface area contributed by atoms with E-state index < -0.39 is 11.7 Å². The highest BCUT2D eigenvalue weighted by Crippen LogP contribution is 2.33. The summed E-state index contributed by atoms with van der Waals surface area (Å²) in [5, 5.41) is 2.72. The van der Waals surface area contributed by atoms with Gasteiger partial charge in [0.2, 0.25) is 0 Å². The molecule has 110 valence electrons. The van der Waals surface area contributed by atoms with Crippen molar-refractivity contribution >= 4 is 40.3 Å². The highest BCUT2D eigenvalue weighted by Gasteiger charge is 2.31. The molecule has 3 N–H and O–H groups in total. The van der Waals surface area contributed by atoms with Crippen molar-refractivity contribution in [3.05, 3.63) is 52.7 Å². The third kappa shape index (κ3) is 4.05. The Morgan fingerprint density at radius 2 is 1.95 bits per heavy atom. The van der Waals surface area contributed by atoms with Gasteiger partial charge >= 0.3 is 6.18 Å². The molecule has 0 radical (unpaired) electrons. The number of nitrogens with zero attached hydrogens (tertiary/aromatic N) is 1. The maximum Gasteiger partial charge on any atom is 0.416 e. The second kappa shape index (κ2) is 5.87. The zero-order valence-electron chi connectivity index (χ0n) is 10.4. The van der Waals surface area contributed by atoms with Crippen LogP contribution in [0.4, 0.5) is 24.7 Å². The smallest absolute Gasteiger partial charge is 0.389 e. The maximum atomic E-state index is 12.7. The minimum absolute atomic E-state index is 0.0212. The van der Waals surface area contributed by atoms with Crippen LogP contribution in [0.2, 0.25) is 5.02 Å². The molecule has 0 saturated carbocycles. The highest BCUT2D eigenvalue weighted by molar-refractivity contribution is 7.80.